The summed E-state index contributed by atoms with van der Waals surface area (Å²) in [6.07, 6.45) is -2.58. The molecule has 1 fully saturated rings. The van der Waals surface area contributed by atoms with E-state index in [4.69, 9.17) is 9.47 Å². The number of fused-ring (bicyclic) bond motifs is 2. The first-order valence-electron chi connectivity index (χ1n) is 11.5. The third-order valence-electron chi connectivity index (χ3n) is 6.68. The van der Waals surface area contributed by atoms with Crippen LogP contribution in [0.4, 0.5) is 24.8 Å². The number of alkyl halides is 3. The Hall–Kier alpha value is -3.66. The number of benzene rings is 2. The molecule has 10 heteroatoms. The topological polar surface area (TPSA) is 73.8 Å². The number of aromatic nitrogens is 2. The van der Waals surface area contributed by atoms with Crippen molar-refractivity contribution < 1.29 is 32.2 Å². The Morgan fingerprint density at radius 2 is 1.89 bits per heavy atom. The van der Waals surface area contributed by atoms with E-state index < -0.39 is 23.4 Å². The first kappa shape index (κ1) is 24.1. The van der Waals surface area contributed by atoms with Crippen molar-refractivity contribution in [1.29, 1.82) is 0 Å². The van der Waals surface area contributed by atoms with Gasteiger partial charge in [-0.2, -0.15) is 13.2 Å². The zero-order valence-electron chi connectivity index (χ0n) is 19.5. The zero-order chi connectivity index (χ0) is 25.3. The Labute approximate surface area is 205 Å². The smallest absolute Gasteiger partial charge is 0.434 e. The minimum Gasteiger partial charge on any atom is -0.489 e. The van der Waals surface area contributed by atoms with Crippen LogP contribution >= 0.6 is 0 Å². The van der Waals surface area contributed by atoms with E-state index in [0.717, 1.165) is 24.4 Å². The molecule has 2 aromatic carbocycles. The average molecular weight is 499 g/mol. The largest absolute Gasteiger partial charge is 0.489 e. The van der Waals surface area contributed by atoms with E-state index in [0.29, 0.717) is 50.6 Å². The third-order valence-corrected chi connectivity index (χ3v) is 6.68. The van der Waals surface area contributed by atoms with Crippen LogP contribution in [0.1, 0.15) is 40.0 Å². The Morgan fingerprint density at radius 3 is 2.58 bits per heavy atom. The molecule has 0 N–H and O–H groups in total. The van der Waals surface area contributed by atoms with Gasteiger partial charge in [0, 0.05) is 37.1 Å². The minimum atomic E-state index is -4.85. The van der Waals surface area contributed by atoms with Gasteiger partial charge in [0.2, 0.25) is 5.95 Å². The standard InChI is InChI=1S/C26H24F3N3O4/c1-34-23(33)19-14-30-24(31-22(19)26(27,28)29)32-16-25(9-11-35-12-10-25)20-13-18(7-8-21(20)32)36-15-17-5-3-2-4-6-17/h2-8,13-14H,9-12,15-16H2,1H3. The first-order valence-corrected chi connectivity index (χ1v) is 11.5. The van der Waals surface area contributed by atoms with E-state index >= 15 is 0 Å². The van der Waals surface area contributed by atoms with E-state index in [9.17, 15) is 18.0 Å². The fourth-order valence-corrected chi connectivity index (χ4v) is 4.83. The molecule has 0 saturated carbocycles. The monoisotopic (exact) mass is 499 g/mol. The lowest BCUT2D eigenvalue weighted by Crippen LogP contribution is -2.38. The molecular weight excluding hydrogens is 475 g/mol. The lowest BCUT2D eigenvalue weighted by Gasteiger charge is -2.34. The van der Waals surface area contributed by atoms with Gasteiger partial charge in [0.25, 0.3) is 0 Å². The molecule has 2 aliphatic rings. The molecule has 0 unspecified atom stereocenters. The summed E-state index contributed by atoms with van der Waals surface area (Å²) in [4.78, 5) is 21.5. The average Bonchev–Trinajstić information content (AvgIpc) is 3.20. The summed E-state index contributed by atoms with van der Waals surface area (Å²) in [6.45, 7) is 1.87. The van der Waals surface area contributed by atoms with Crippen LogP contribution in [-0.4, -0.2) is 42.8 Å². The molecule has 2 aliphatic heterocycles. The van der Waals surface area contributed by atoms with Crippen LogP contribution in [0.2, 0.25) is 0 Å². The number of anilines is 2. The second-order valence-corrected chi connectivity index (χ2v) is 8.85. The molecule has 1 aromatic heterocycles. The summed E-state index contributed by atoms with van der Waals surface area (Å²) in [5, 5.41) is 0. The highest BCUT2D eigenvalue weighted by molar-refractivity contribution is 5.90. The Bertz CT molecular complexity index is 1260. The van der Waals surface area contributed by atoms with E-state index in [1.807, 2.05) is 42.5 Å². The van der Waals surface area contributed by atoms with Crippen molar-refractivity contribution in [3.63, 3.8) is 0 Å². The Morgan fingerprint density at radius 1 is 1.14 bits per heavy atom. The quantitative estimate of drug-likeness (QED) is 0.455. The van der Waals surface area contributed by atoms with Gasteiger partial charge in [-0.3, -0.25) is 0 Å². The van der Waals surface area contributed by atoms with Gasteiger partial charge in [0.15, 0.2) is 5.69 Å². The lowest BCUT2D eigenvalue weighted by molar-refractivity contribution is -0.141. The highest BCUT2D eigenvalue weighted by Crippen LogP contribution is 2.50. The van der Waals surface area contributed by atoms with Gasteiger partial charge in [0.05, 0.1) is 7.11 Å². The minimum absolute atomic E-state index is 0.127. The molecular formula is C26H24F3N3O4. The molecule has 1 saturated heterocycles. The summed E-state index contributed by atoms with van der Waals surface area (Å²) in [7, 11) is 1.01. The number of ether oxygens (including phenoxy) is 3. The summed E-state index contributed by atoms with van der Waals surface area (Å²) < 4.78 is 57.5. The number of esters is 1. The second-order valence-electron chi connectivity index (χ2n) is 8.85. The van der Waals surface area contributed by atoms with Crippen LogP contribution in [0.3, 0.4) is 0 Å². The van der Waals surface area contributed by atoms with Crippen LogP contribution in [0.5, 0.6) is 5.75 Å². The van der Waals surface area contributed by atoms with Crippen LogP contribution in [-0.2, 0) is 27.7 Å². The van der Waals surface area contributed by atoms with E-state index in [-0.39, 0.29) is 11.4 Å². The van der Waals surface area contributed by atoms with Crippen molar-refractivity contribution in [3.8, 4) is 5.75 Å². The first-order chi connectivity index (χ1) is 17.3. The van der Waals surface area contributed by atoms with Gasteiger partial charge in [-0.25, -0.2) is 14.8 Å². The lowest BCUT2D eigenvalue weighted by atomic mass is 9.76. The maximum absolute atomic E-state index is 13.8. The summed E-state index contributed by atoms with van der Waals surface area (Å²) in [6, 6.07) is 15.3. The summed E-state index contributed by atoms with van der Waals surface area (Å²) >= 11 is 0. The SMILES string of the molecule is COC(=O)c1cnc(N2CC3(CCOCC3)c3cc(OCc4ccccc4)ccc32)nc1C(F)(F)F. The van der Waals surface area contributed by atoms with E-state index in [1.165, 1.54) is 0 Å². The van der Waals surface area contributed by atoms with Crippen molar-refractivity contribution in [2.45, 2.75) is 31.0 Å². The van der Waals surface area contributed by atoms with Crippen LogP contribution in [0.15, 0.2) is 54.7 Å². The maximum Gasteiger partial charge on any atom is 0.434 e. The van der Waals surface area contributed by atoms with Crippen molar-refractivity contribution in [1.82, 2.24) is 9.97 Å². The van der Waals surface area contributed by atoms with Gasteiger partial charge in [0.1, 0.15) is 17.9 Å². The number of hydrogen-bond donors (Lipinski definition) is 0. The Kier molecular flexibility index (Phi) is 6.29. The summed E-state index contributed by atoms with van der Waals surface area (Å²) in [5.41, 5.74) is 0.311. The highest BCUT2D eigenvalue weighted by atomic mass is 19.4. The molecule has 36 heavy (non-hydrogen) atoms. The normalized spacial score (nSPS) is 16.6. The van der Waals surface area contributed by atoms with Crippen LogP contribution in [0.25, 0.3) is 0 Å². The van der Waals surface area contributed by atoms with E-state index in [2.05, 4.69) is 14.7 Å². The number of halogens is 3. The van der Waals surface area contributed by atoms with Gasteiger partial charge in [-0.05, 0) is 42.2 Å². The molecule has 0 aliphatic carbocycles. The number of carbonyl (C=O) groups is 1. The van der Waals surface area contributed by atoms with Crippen LogP contribution < -0.4 is 9.64 Å². The molecule has 3 aromatic rings. The van der Waals surface area contributed by atoms with Crippen LogP contribution in [0, 0.1) is 0 Å². The number of carbonyl (C=O) groups excluding carboxylic acids is 1. The third kappa shape index (κ3) is 4.48. The van der Waals surface area contributed by atoms with Crippen molar-refractivity contribution in [2.75, 3.05) is 31.8 Å². The van der Waals surface area contributed by atoms with E-state index in [1.54, 1.807) is 11.0 Å². The predicted molar refractivity (Wildman–Crippen MR) is 124 cm³/mol. The van der Waals surface area contributed by atoms with Crippen molar-refractivity contribution >= 4 is 17.6 Å². The van der Waals surface area contributed by atoms with Gasteiger partial charge < -0.3 is 19.1 Å². The second kappa shape index (κ2) is 9.42. The molecule has 0 atom stereocenters. The van der Waals surface area contributed by atoms with Gasteiger partial charge in [-0.15, -0.1) is 0 Å². The molecule has 188 valence electrons. The number of nitrogens with zero attached hydrogens (tertiary/aromatic N) is 3. The molecule has 0 radical (unpaired) electrons. The van der Waals surface area contributed by atoms with Gasteiger partial charge >= 0.3 is 12.1 Å². The number of rotatable bonds is 5. The fourth-order valence-electron chi connectivity index (χ4n) is 4.83. The Balaban J connectivity index is 1.52. The fraction of sp³-hybridized carbons (Fsp3) is 0.346. The number of hydrogen-bond acceptors (Lipinski definition) is 7. The molecule has 3 heterocycles. The predicted octanol–water partition coefficient (Wildman–Crippen LogP) is 5.06. The van der Waals surface area contributed by atoms with Crippen molar-refractivity contribution in [2.24, 2.45) is 0 Å². The molecule has 0 amide bonds. The molecule has 0 bridgehead atoms. The molecule has 5 rings (SSSR count). The van der Waals surface area contributed by atoms with Gasteiger partial charge in [-0.1, -0.05) is 30.3 Å². The maximum atomic E-state index is 13.8. The molecule has 1 spiro atoms. The zero-order valence-corrected chi connectivity index (χ0v) is 19.5. The summed E-state index contributed by atoms with van der Waals surface area (Å²) in [5.74, 6) is -0.599. The number of methoxy groups -OCH3 is 1. The molecule has 7 nitrogen and oxygen atoms in total. The van der Waals surface area contributed by atoms with Crippen molar-refractivity contribution in [3.05, 3.63) is 77.1 Å². The highest BCUT2D eigenvalue weighted by Gasteiger charge is 2.46.